The van der Waals surface area contributed by atoms with Gasteiger partial charge in [0, 0.05) is 6.42 Å². The third kappa shape index (κ3) is 53.6. The minimum atomic E-state index is -2.08. The number of nitrogens with two attached hydrogens (primary N) is 1. The van der Waals surface area contributed by atoms with E-state index in [2.05, 4.69) is 0 Å². The maximum absolute atomic E-state index is 9.70. The predicted octanol–water partition coefficient (Wildman–Crippen LogP) is -4.30. The van der Waals surface area contributed by atoms with Crippen molar-refractivity contribution < 1.29 is 54.5 Å². The molecule has 4 N–H and O–H groups in total. The molecule has 6 nitrogen and oxygen atoms in total. The first-order valence-corrected chi connectivity index (χ1v) is 2.82. The fourth-order valence-electron chi connectivity index (χ4n) is 0.253. The molecule has 0 atom stereocenters. The van der Waals surface area contributed by atoms with Gasteiger partial charge in [0.15, 0.2) is 0 Å². The van der Waals surface area contributed by atoms with Gasteiger partial charge in [0.25, 0.3) is 0 Å². The molecule has 0 heterocycles. The largest absolute Gasteiger partial charge is 1.00 e. The van der Waals surface area contributed by atoms with Crippen LogP contribution in [-0.4, -0.2) is 28.9 Å². The minimum absolute atomic E-state index is 0. The monoisotopic (exact) mass is 187 g/mol. The summed E-state index contributed by atoms with van der Waals surface area (Å²) in [5.74, 6) is -0.773. The smallest absolute Gasteiger partial charge is 0.565 e. The van der Waals surface area contributed by atoms with Crippen molar-refractivity contribution in [3.8, 4) is 0 Å². The summed E-state index contributed by atoms with van der Waals surface area (Å²) in [6.45, 7) is 0.465. The molecule has 0 aromatic heterocycles. The zero-order valence-electron chi connectivity index (χ0n) is 6.82. The molecular weight excluding hydrogens is 177 g/mol. The first-order chi connectivity index (χ1) is 5.00. The molecular formula is C5H10NNaO5. The molecule has 0 aliphatic carbocycles. The maximum atomic E-state index is 9.70. The first kappa shape index (κ1) is 17.7. The third-order valence-corrected chi connectivity index (χ3v) is 0.595. The predicted molar refractivity (Wildman–Crippen MR) is 33.9 cm³/mol. The minimum Gasteiger partial charge on any atom is -0.565 e. The van der Waals surface area contributed by atoms with E-state index in [4.69, 9.17) is 25.8 Å². The van der Waals surface area contributed by atoms with Gasteiger partial charge in [0.05, 0.1) is 0 Å². The van der Waals surface area contributed by atoms with Crippen LogP contribution in [0.15, 0.2) is 0 Å². The molecule has 0 aliphatic rings. The van der Waals surface area contributed by atoms with Gasteiger partial charge in [-0.05, 0) is 13.0 Å². The van der Waals surface area contributed by atoms with Crippen molar-refractivity contribution in [2.24, 2.45) is 5.73 Å². The van der Waals surface area contributed by atoms with Gasteiger partial charge in [-0.25, -0.2) is 0 Å². The Morgan fingerprint density at radius 2 is 1.67 bits per heavy atom. The van der Waals surface area contributed by atoms with E-state index in [0.29, 0.717) is 13.0 Å². The average molecular weight is 187 g/mol. The normalized spacial score (nSPS) is 7.08. The van der Waals surface area contributed by atoms with Crippen LogP contribution in [0.5, 0.6) is 0 Å². The van der Waals surface area contributed by atoms with E-state index in [1.807, 2.05) is 0 Å². The molecule has 0 aromatic rings. The Bertz CT molecular complexity index is 125. The molecule has 0 saturated heterocycles. The Morgan fingerprint density at radius 1 is 1.33 bits per heavy atom. The molecule has 0 unspecified atom stereocenters. The molecule has 0 bridgehead atoms. The van der Waals surface area contributed by atoms with Crippen LogP contribution in [0.3, 0.4) is 0 Å². The Hall–Kier alpha value is -0.300. The first-order valence-electron chi connectivity index (χ1n) is 2.82. The Labute approximate surface area is 91.7 Å². The number of carboxylic acids is 1. The van der Waals surface area contributed by atoms with Crippen molar-refractivity contribution in [2.75, 3.05) is 6.54 Å². The fourth-order valence-corrected chi connectivity index (χ4v) is 0.253. The number of hydrogen-bond donors (Lipinski definition) is 3. The molecule has 0 radical (unpaired) electrons. The van der Waals surface area contributed by atoms with Crippen LogP contribution in [0.25, 0.3) is 0 Å². The molecule has 0 amide bonds. The fraction of sp³-hybridized carbons (Fsp3) is 0.600. The van der Waals surface area contributed by atoms with Crippen LogP contribution in [0.1, 0.15) is 12.8 Å². The second-order valence-corrected chi connectivity index (χ2v) is 1.55. The second-order valence-electron chi connectivity index (χ2n) is 1.55. The van der Waals surface area contributed by atoms with Gasteiger partial charge in [-0.1, -0.05) is 0 Å². The van der Waals surface area contributed by atoms with Gasteiger partial charge in [0.1, 0.15) is 0 Å². The van der Waals surface area contributed by atoms with E-state index < -0.39 is 12.1 Å². The Balaban J connectivity index is -0.000000142. The van der Waals surface area contributed by atoms with E-state index in [0.717, 1.165) is 0 Å². The summed E-state index contributed by atoms with van der Waals surface area (Å²) in [7, 11) is 0. The molecule has 66 valence electrons. The van der Waals surface area contributed by atoms with Crippen LogP contribution in [0.2, 0.25) is 0 Å². The summed E-state index contributed by atoms with van der Waals surface area (Å²) < 4.78 is 0. The SMILES string of the molecule is NCCCC(=O)O.O=C([O-])O.[Na+]. The third-order valence-electron chi connectivity index (χ3n) is 0.595. The van der Waals surface area contributed by atoms with Crippen molar-refractivity contribution in [3.63, 3.8) is 0 Å². The van der Waals surface area contributed by atoms with Crippen LogP contribution < -0.4 is 40.4 Å². The summed E-state index contributed by atoms with van der Waals surface area (Å²) in [6.07, 6.45) is -1.31. The number of aliphatic carboxylic acids is 1. The van der Waals surface area contributed by atoms with Crippen molar-refractivity contribution in [1.82, 2.24) is 0 Å². The quantitative estimate of drug-likeness (QED) is 0.384. The van der Waals surface area contributed by atoms with Gasteiger partial charge >= 0.3 is 35.5 Å². The number of hydrogen-bond acceptors (Lipinski definition) is 4. The van der Waals surface area contributed by atoms with Crippen molar-refractivity contribution >= 4 is 12.1 Å². The van der Waals surface area contributed by atoms with Crippen molar-refractivity contribution in [2.45, 2.75) is 12.8 Å². The van der Waals surface area contributed by atoms with Crippen LogP contribution in [-0.2, 0) is 4.79 Å². The Morgan fingerprint density at radius 3 is 1.75 bits per heavy atom. The zero-order chi connectivity index (χ0) is 9.28. The number of rotatable bonds is 3. The van der Waals surface area contributed by atoms with Crippen LogP contribution in [0, 0.1) is 0 Å². The summed E-state index contributed by atoms with van der Waals surface area (Å²) >= 11 is 0. The molecule has 0 fully saturated rings. The number of carbonyl (C=O) groups is 2. The summed E-state index contributed by atoms with van der Waals surface area (Å²) in [5, 5.41) is 23.3. The molecule has 0 rings (SSSR count). The molecule has 0 aliphatic heterocycles. The van der Waals surface area contributed by atoms with E-state index >= 15 is 0 Å². The second kappa shape index (κ2) is 13.3. The van der Waals surface area contributed by atoms with Crippen molar-refractivity contribution in [3.05, 3.63) is 0 Å². The maximum Gasteiger partial charge on any atom is 1.00 e. The number of carboxylic acid groups (broad SMARTS) is 3. The average Bonchev–Trinajstić information content (AvgIpc) is 1.82. The van der Waals surface area contributed by atoms with E-state index in [1.165, 1.54) is 0 Å². The van der Waals surface area contributed by atoms with E-state index in [9.17, 15) is 4.79 Å². The van der Waals surface area contributed by atoms with Gasteiger partial charge in [0.2, 0.25) is 6.16 Å². The molecule has 0 spiro atoms. The molecule has 12 heavy (non-hydrogen) atoms. The standard InChI is InChI=1S/C4H9NO2.CH2O3.Na/c5-3-1-2-4(6)7;2-1(3)4;/h1-3,5H2,(H,6,7);(H2,2,3,4);/q;;+1/p-1. The molecule has 0 saturated carbocycles. The topological polar surface area (TPSA) is 124 Å². The van der Waals surface area contributed by atoms with Crippen LogP contribution >= 0.6 is 0 Å². The van der Waals surface area contributed by atoms with Gasteiger partial charge < -0.3 is 25.8 Å². The summed E-state index contributed by atoms with van der Waals surface area (Å²) in [6, 6.07) is 0. The summed E-state index contributed by atoms with van der Waals surface area (Å²) in [5.41, 5.74) is 5.01. The Kier molecular flexibility index (Phi) is 19.6. The summed E-state index contributed by atoms with van der Waals surface area (Å²) in [4.78, 5) is 18.1. The van der Waals surface area contributed by atoms with Crippen LogP contribution in [0.4, 0.5) is 4.79 Å². The van der Waals surface area contributed by atoms with Gasteiger partial charge in [-0.2, -0.15) is 0 Å². The van der Waals surface area contributed by atoms with Gasteiger partial charge in [-0.3, -0.25) is 4.79 Å². The van der Waals surface area contributed by atoms with Crippen molar-refractivity contribution in [1.29, 1.82) is 0 Å². The molecule has 0 aromatic carbocycles. The molecule has 7 heteroatoms. The van der Waals surface area contributed by atoms with Gasteiger partial charge in [-0.15, -0.1) is 0 Å². The van der Waals surface area contributed by atoms with E-state index in [1.54, 1.807) is 0 Å². The zero-order valence-corrected chi connectivity index (χ0v) is 8.82. The van der Waals surface area contributed by atoms with E-state index in [-0.39, 0.29) is 36.0 Å².